The molecule has 1 N–H and O–H groups in total. The zero-order valence-corrected chi connectivity index (χ0v) is 16.7. The first-order valence-corrected chi connectivity index (χ1v) is 11.0. The highest BCUT2D eigenvalue weighted by Crippen LogP contribution is 2.22. The predicted molar refractivity (Wildman–Crippen MR) is 102 cm³/mol. The van der Waals surface area contributed by atoms with Crippen LogP contribution in [0, 0.1) is 6.92 Å². The molecule has 3 heterocycles. The van der Waals surface area contributed by atoms with Gasteiger partial charge in [0.25, 0.3) is 5.91 Å². The molecule has 2 saturated heterocycles. The molecule has 0 aliphatic carbocycles. The average molecular weight is 398 g/mol. The van der Waals surface area contributed by atoms with Crippen LogP contribution >= 0.6 is 0 Å². The molecule has 150 valence electrons. The van der Waals surface area contributed by atoms with E-state index in [1.807, 2.05) is 11.9 Å². The van der Waals surface area contributed by atoms with E-state index in [1.54, 1.807) is 13.0 Å². The van der Waals surface area contributed by atoms with Crippen LogP contribution in [-0.4, -0.2) is 93.2 Å². The molecule has 27 heavy (non-hydrogen) atoms. The average Bonchev–Trinajstić information content (AvgIpc) is 3.01. The van der Waals surface area contributed by atoms with Crippen LogP contribution in [0.4, 0.5) is 5.82 Å². The molecule has 0 aromatic carbocycles. The van der Waals surface area contributed by atoms with E-state index in [-0.39, 0.29) is 23.5 Å². The fraction of sp³-hybridized carbons (Fsp3) is 0.706. The van der Waals surface area contributed by atoms with Crippen molar-refractivity contribution >= 4 is 21.6 Å². The monoisotopic (exact) mass is 397 g/mol. The number of rotatable bonds is 6. The Morgan fingerprint density at radius 3 is 2.78 bits per heavy atom. The molecule has 0 bridgehead atoms. The number of aryl methyl sites for hydroxylation is 1. The number of morpholine rings is 1. The molecule has 0 saturated carbocycles. The van der Waals surface area contributed by atoms with Gasteiger partial charge >= 0.3 is 0 Å². The maximum absolute atomic E-state index is 12.5. The van der Waals surface area contributed by atoms with Gasteiger partial charge in [-0.2, -0.15) is 0 Å². The lowest BCUT2D eigenvalue weighted by Gasteiger charge is -2.26. The zero-order valence-electron chi connectivity index (χ0n) is 15.8. The van der Waals surface area contributed by atoms with Gasteiger partial charge in [-0.05, 0) is 13.3 Å². The van der Waals surface area contributed by atoms with Gasteiger partial charge < -0.3 is 15.0 Å². The number of hydrogen-bond acceptors (Lipinski definition) is 8. The Bertz CT molecular complexity index is 780. The number of hydrogen-bond donors (Lipinski definition) is 1. The third-order valence-electron chi connectivity index (χ3n) is 4.99. The number of carbonyl (C=O) groups is 1. The number of ether oxygens (including phenoxy) is 1. The van der Waals surface area contributed by atoms with E-state index in [9.17, 15) is 13.2 Å². The lowest BCUT2D eigenvalue weighted by molar-refractivity contribution is 0.0383. The van der Waals surface area contributed by atoms with Crippen LogP contribution in [0.3, 0.4) is 0 Å². The summed E-state index contributed by atoms with van der Waals surface area (Å²) in [5, 5.41) is 2.90. The number of amides is 1. The van der Waals surface area contributed by atoms with E-state index >= 15 is 0 Å². The van der Waals surface area contributed by atoms with Crippen molar-refractivity contribution in [2.24, 2.45) is 0 Å². The summed E-state index contributed by atoms with van der Waals surface area (Å²) in [6.07, 6.45) is 0.572. The van der Waals surface area contributed by atoms with E-state index in [2.05, 4.69) is 20.2 Å². The first-order chi connectivity index (χ1) is 12.8. The SMILES string of the molecule is Cc1nc(C(=O)NCCN2CCOCC2)cc(N(C)C2CCS(=O)(=O)C2)n1. The fourth-order valence-electron chi connectivity index (χ4n) is 3.36. The molecule has 1 unspecified atom stereocenters. The van der Waals surface area contributed by atoms with E-state index in [0.717, 1.165) is 32.8 Å². The van der Waals surface area contributed by atoms with Crippen LogP contribution in [0.15, 0.2) is 6.07 Å². The highest BCUT2D eigenvalue weighted by atomic mass is 32.2. The van der Waals surface area contributed by atoms with Gasteiger partial charge in [-0.3, -0.25) is 9.69 Å². The van der Waals surface area contributed by atoms with Crippen LogP contribution in [0.2, 0.25) is 0 Å². The first-order valence-electron chi connectivity index (χ1n) is 9.21. The van der Waals surface area contributed by atoms with Gasteiger partial charge in [0.05, 0.1) is 24.7 Å². The van der Waals surface area contributed by atoms with Crippen molar-refractivity contribution in [1.29, 1.82) is 0 Å². The molecule has 1 aromatic rings. The Labute approximate surface area is 160 Å². The van der Waals surface area contributed by atoms with Gasteiger partial charge in [-0.25, -0.2) is 18.4 Å². The molecule has 0 radical (unpaired) electrons. The second kappa shape index (κ2) is 8.49. The zero-order chi connectivity index (χ0) is 19.4. The van der Waals surface area contributed by atoms with Gasteiger partial charge in [-0.15, -0.1) is 0 Å². The van der Waals surface area contributed by atoms with Crippen LogP contribution in [-0.2, 0) is 14.6 Å². The summed E-state index contributed by atoms with van der Waals surface area (Å²) in [5.74, 6) is 1.12. The molecule has 9 nitrogen and oxygen atoms in total. The molecule has 1 amide bonds. The topological polar surface area (TPSA) is 105 Å². The number of nitrogens with one attached hydrogen (secondary N) is 1. The quantitative estimate of drug-likeness (QED) is 0.683. The minimum absolute atomic E-state index is 0.119. The second-order valence-corrected chi connectivity index (χ2v) is 9.26. The van der Waals surface area contributed by atoms with Gasteiger partial charge in [0.2, 0.25) is 0 Å². The predicted octanol–water partition coefficient (Wildman–Crippen LogP) is -0.530. The molecule has 10 heteroatoms. The van der Waals surface area contributed by atoms with Crippen molar-refractivity contribution in [2.75, 3.05) is 62.8 Å². The minimum Gasteiger partial charge on any atom is -0.379 e. The molecule has 2 fully saturated rings. The molecule has 1 atom stereocenters. The fourth-order valence-corrected chi connectivity index (χ4v) is 5.13. The van der Waals surface area contributed by atoms with Crippen LogP contribution in [0.5, 0.6) is 0 Å². The lowest BCUT2D eigenvalue weighted by atomic mass is 10.2. The smallest absolute Gasteiger partial charge is 0.270 e. The molecular weight excluding hydrogens is 370 g/mol. The van der Waals surface area contributed by atoms with E-state index in [1.165, 1.54) is 0 Å². The van der Waals surface area contributed by atoms with Crippen molar-refractivity contribution in [3.05, 3.63) is 17.6 Å². The largest absolute Gasteiger partial charge is 0.379 e. The third-order valence-corrected chi connectivity index (χ3v) is 6.74. The van der Waals surface area contributed by atoms with Gasteiger partial charge in [-0.1, -0.05) is 0 Å². The number of aromatic nitrogens is 2. The Morgan fingerprint density at radius 2 is 2.11 bits per heavy atom. The van der Waals surface area contributed by atoms with Crippen molar-refractivity contribution < 1.29 is 17.9 Å². The van der Waals surface area contributed by atoms with Gasteiger partial charge in [0.1, 0.15) is 17.3 Å². The molecule has 2 aliphatic rings. The molecule has 3 rings (SSSR count). The summed E-state index contributed by atoms with van der Waals surface area (Å²) in [4.78, 5) is 25.2. The molecule has 2 aliphatic heterocycles. The number of nitrogens with zero attached hydrogens (tertiary/aromatic N) is 4. The molecule has 1 aromatic heterocycles. The second-order valence-electron chi connectivity index (χ2n) is 7.04. The maximum Gasteiger partial charge on any atom is 0.270 e. The number of sulfone groups is 1. The minimum atomic E-state index is -2.99. The summed E-state index contributed by atoms with van der Waals surface area (Å²) in [6.45, 7) is 6.24. The van der Waals surface area contributed by atoms with E-state index in [0.29, 0.717) is 30.3 Å². The highest BCUT2D eigenvalue weighted by molar-refractivity contribution is 7.91. The van der Waals surface area contributed by atoms with Gasteiger partial charge in [0, 0.05) is 45.3 Å². The van der Waals surface area contributed by atoms with Crippen LogP contribution in [0.1, 0.15) is 22.7 Å². The van der Waals surface area contributed by atoms with Crippen molar-refractivity contribution in [2.45, 2.75) is 19.4 Å². The summed E-state index contributed by atoms with van der Waals surface area (Å²) in [6, 6.07) is 1.50. The molecular formula is C17H27N5O4S. The van der Waals surface area contributed by atoms with Crippen molar-refractivity contribution in [3.8, 4) is 0 Å². The number of anilines is 1. The Hall–Kier alpha value is -1.78. The van der Waals surface area contributed by atoms with Gasteiger partial charge in [0.15, 0.2) is 9.84 Å². The Morgan fingerprint density at radius 1 is 1.37 bits per heavy atom. The molecule has 0 spiro atoms. The lowest BCUT2D eigenvalue weighted by Crippen LogP contribution is -2.41. The third kappa shape index (κ3) is 5.36. The standard InChI is InChI=1S/C17H27N5O4S/c1-13-19-15(17(23)18-4-5-22-6-8-26-9-7-22)11-16(20-13)21(2)14-3-10-27(24,25)12-14/h11,14H,3-10,12H2,1-2H3,(H,18,23). The Balaban J connectivity index is 1.61. The first kappa shape index (κ1) is 20.0. The van der Waals surface area contributed by atoms with Crippen LogP contribution in [0.25, 0.3) is 0 Å². The van der Waals surface area contributed by atoms with E-state index < -0.39 is 9.84 Å². The maximum atomic E-state index is 12.5. The highest BCUT2D eigenvalue weighted by Gasteiger charge is 2.31. The summed E-state index contributed by atoms with van der Waals surface area (Å²) in [7, 11) is -1.17. The normalized spacial score (nSPS) is 22.5. The van der Waals surface area contributed by atoms with Crippen molar-refractivity contribution in [3.63, 3.8) is 0 Å². The summed E-state index contributed by atoms with van der Waals surface area (Å²) < 4.78 is 28.8. The Kier molecular flexibility index (Phi) is 6.28. The summed E-state index contributed by atoms with van der Waals surface area (Å²) >= 11 is 0. The van der Waals surface area contributed by atoms with Crippen LogP contribution < -0.4 is 10.2 Å². The summed E-state index contributed by atoms with van der Waals surface area (Å²) in [5.41, 5.74) is 0.298. The van der Waals surface area contributed by atoms with E-state index in [4.69, 9.17) is 4.74 Å². The number of carbonyl (C=O) groups excluding carboxylic acids is 1. The van der Waals surface area contributed by atoms with Crippen molar-refractivity contribution in [1.82, 2.24) is 20.2 Å².